The number of benzene rings is 3. The van der Waals surface area contributed by atoms with Crippen molar-refractivity contribution in [2.45, 2.75) is 38.0 Å². The third kappa shape index (κ3) is 4.40. The second kappa shape index (κ2) is 10.2. The zero-order valence-corrected chi connectivity index (χ0v) is 21.5. The van der Waals surface area contributed by atoms with E-state index in [4.69, 9.17) is 16.3 Å². The molecule has 0 spiro atoms. The van der Waals surface area contributed by atoms with Gasteiger partial charge in [-0.15, -0.1) is 11.6 Å². The molecule has 3 aromatic rings. The molecule has 1 heterocycles. The maximum atomic E-state index is 14.7. The van der Waals surface area contributed by atoms with Crippen molar-refractivity contribution in [3.05, 3.63) is 107 Å². The normalized spacial score (nSPS) is 19.4. The molecular formula is C29H28ClF2NO4. The van der Waals surface area contributed by atoms with Crippen molar-refractivity contribution in [3.8, 4) is 0 Å². The Kier molecular flexibility index (Phi) is 7.40. The number of nitrogens with zero attached hydrogens (tertiary/aromatic N) is 1. The maximum absolute atomic E-state index is 14.7. The molecule has 194 valence electrons. The molecule has 3 atom stereocenters. The second-order valence-electron chi connectivity index (χ2n) is 9.64. The zero-order chi connectivity index (χ0) is 27.0. The molecule has 0 unspecified atom stereocenters. The molecule has 0 saturated carbocycles. The first kappa shape index (κ1) is 26.8. The highest BCUT2D eigenvalue weighted by Crippen LogP contribution is 2.48. The second-order valence-corrected chi connectivity index (χ2v) is 9.90. The number of rotatable bonds is 7. The summed E-state index contributed by atoms with van der Waals surface area (Å²) in [5.74, 6) is -4.90. The van der Waals surface area contributed by atoms with Crippen molar-refractivity contribution in [2.24, 2.45) is 11.8 Å². The Bertz CT molecular complexity index is 1250. The van der Waals surface area contributed by atoms with Crippen LogP contribution in [-0.4, -0.2) is 33.9 Å². The van der Waals surface area contributed by atoms with Crippen LogP contribution in [0.2, 0.25) is 0 Å². The first-order valence-electron chi connectivity index (χ1n) is 12.0. The van der Waals surface area contributed by atoms with Crippen molar-refractivity contribution in [3.63, 3.8) is 0 Å². The molecule has 2 amide bonds. The van der Waals surface area contributed by atoms with Crippen molar-refractivity contribution in [2.75, 3.05) is 5.88 Å². The number of imide groups is 1. The van der Waals surface area contributed by atoms with Crippen LogP contribution in [0.25, 0.3) is 0 Å². The van der Waals surface area contributed by atoms with Gasteiger partial charge in [0.15, 0.2) is 5.60 Å². The van der Waals surface area contributed by atoms with Gasteiger partial charge >= 0.3 is 6.09 Å². The number of cyclic esters (lactones) is 1. The van der Waals surface area contributed by atoms with E-state index in [9.17, 15) is 23.5 Å². The highest BCUT2D eigenvalue weighted by Gasteiger charge is 2.61. The molecular weight excluding hydrogens is 500 g/mol. The third-order valence-electron chi connectivity index (χ3n) is 7.10. The highest BCUT2D eigenvalue weighted by molar-refractivity contribution is 6.18. The van der Waals surface area contributed by atoms with Gasteiger partial charge in [-0.05, 0) is 12.0 Å². The summed E-state index contributed by atoms with van der Waals surface area (Å²) in [6, 6.07) is 20.1. The van der Waals surface area contributed by atoms with E-state index < -0.39 is 52.7 Å². The first-order valence-corrected chi connectivity index (χ1v) is 12.5. The van der Waals surface area contributed by atoms with E-state index in [-0.39, 0.29) is 11.5 Å². The molecule has 1 saturated heterocycles. The molecule has 1 fully saturated rings. The fraction of sp³-hybridized carbons (Fsp3) is 0.310. The molecule has 0 aliphatic carbocycles. The Morgan fingerprint density at radius 2 is 1.57 bits per heavy atom. The molecule has 1 N–H and O–H groups in total. The van der Waals surface area contributed by atoms with Gasteiger partial charge in [-0.1, -0.05) is 87.5 Å². The van der Waals surface area contributed by atoms with Crippen LogP contribution >= 0.6 is 11.6 Å². The molecule has 3 aromatic carbocycles. The van der Waals surface area contributed by atoms with Crippen LogP contribution < -0.4 is 0 Å². The van der Waals surface area contributed by atoms with E-state index in [1.54, 1.807) is 0 Å². The van der Waals surface area contributed by atoms with Gasteiger partial charge in [0, 0.05) is 22.8 Å². The standard InChI is InChI=1S/C29H28ClF2NO4/c1-18(2)25-29(20-10-6-4-7-11-20,21-12-8-5-9-13-21)37-27(35)33(25)26(34)19(3)28(36,17-30)23-15-14-22(31)16-24(23)32/h4-16,18-19,25,36H,17H2,1-3H3/t19-,25-,28+/m0/s1. The molecule has 0 radical (unpaired) electrons. The van der Waals surface area contributed by atoms with Crippen LogP contribution in [-0.2, 0) is 20.7 Å². The van der Waals surface area contributed by atoms with Gasteiger partial charge in [0.2, 0.25) is 5.91 Å². The Morgan fingerprint density at radius 1 is 1.03 bits per heavy atom. The van der Waals surface area contributed by atoms with Gasteiger partial charge < -0.3 is 9.84 Å². The minimum Gasteiger partial charge on any atom is -0.430 e. The molecule has 1 aliphatic rings. The predicted octanol–water partition coefficient (Wildman–Crippen LogP) is 5.97. The van der Waals surface area contributed by atoms with Gasteiger partial charge in [0.25, 0.3) is 0 Å². The lowest BCUT2D eigenvalue weighted by molar-refractivity contribution is -0.143. The van der Waals surface area contributed by atoms with E-state index in [0.29, 0.717) is 17.2 Å². The Hall–Kier alpha value is -3.29. The lowest BCUT2D eigenvalue weighted by Gasteiger charge is -2.39. The number of halogens is 3. The lowest BCUT2D eigenvalue weighted by atomic mass is 9.75. The summed E-state index contributed by atoms with van der Waals surface area (Å²) in [6.07, 6.45) is -0.889. The summed E-state index contributed by atoms with van der Waals surface area (Å²) in [5.41, 5.74) is -2.54. The lowest BCUT2D eigenvalue weighted by Crippen LogP contribution is -2.54. The minimum absolute atomic E-state index is 0.283. The van der Waals surface area contributed by atoms with E-state index in [0.717, 1.165) is 17.0 Å². The van der Waals surface area contributed by atoms with E-state index in [2.05, 4.69) is 0 Å². The summed E-state index contributed by atoms with van der Waals surface area (Å²) in [4.78, 5) is 28.5. The SMILES string of the molecule is CC(C)[C@@H]1N(C(=O)[C@H](C)[C@](O)(CCl)c2ccc(F)cc2F)C(=O)OC1(c1ccccc1)c1ccccc1. The van der Waals surface area contributed by atoms with Crippen LogP contribution in [0.1, 0.15) is 37.5 Å². The zero-order valence-electron chi connectivity index (χ0n) is 20.7. The van der Waals surface area contributed by atoms with Gasteiger partial charge in [0.1, 0.15) is 17.2 Å². The van der Waals surface area contributed by atoms with Crippen LogP contribution in [0.5, 0.6) is 0 Å². The van der Waals surface area contributed by atoms with Crippen LogP contribution in [0.4, 0.5) is 13.6 Å². The molecule has 4 rings (SSSR count). The van der Waals surface area contributed by atoms with Crippen molar-refractivity contribution >= 4 is 23.6 Å². The molecule has 5 nitrogen and oxygen atoms in total. The first-order chi connectivity index (χ1) is 17.6. The number of alkyl halides is 1. The van der Waals surface area contributed by atoms with Crippen LogP contribution in [0.3, 0.4) is 0 Å². The van der Waals surface area contributed by atoms with Crippen molar-refractivity contribution in [1.82, 2.24) is 4.90 Å². The predicted molar refractivity (Wildman–Crippen MR) is 136 cm³/mol. The number of amides is 2. The van der Waals surface area contributed by atoms with Gasteiger partial charge in [-0.2, -0.15) is 0 Å². The summed E-state index contributed by atoms with van der Waals surface area (Å²) >= 11 is 6.09. The van der Waals surface area contributed by atoms with Gasteiger partial charge in [-0.25, -0.2) is 18.5 Å². The molecule has 0 bridgehead atoms. The highest BCUT2D eigenvalue weighted by atomic mass is 35.5. The maximum Gasteiger partial charge on any atom is 0.418 e. The fourth-order valence-electron chi connectivity index (χ4n) is 5.21. The van der Waals surface area contributed by atoms with Crippen LogP contribution in [0, 0.1) is 23.5 Å². The summed E-state index contributed by atoms with van der Waals surface area (Å²) in [7, 11) is 0. The largest absolute Gasteiger partial charge is 0.430 e. The van der Waals surface area contributed by atoms with Gasteiger partial charge in [-0.3, -0.25) is 4.79 Å². The van der Waals surface area contributed by atoms with Gasteiger partial charge in [0.05, 0.1) is 17.8 Å². The Balaban J connectivity index is 1.85. The molecule has 0 aromatic heterocycles. The number of hydrogen-bond acceptors (Lipinski definition) is 4. The van der Waals surface area contributed by atoms with E-state index >= 15 is 0 Å². The number of carbonyl (C=O) groups is 2. The third-order valence-corrected chi connectivity index (χ3v) is 7.51. The molecule has 37 heavy (non-hydrogen) atoms. The number of carbonyl (C=O) groups excluding carboxylic acids is 2. The number of aliphatic hydroxyl groups is 1. The van der Waals surface area contributed by atoms with E-state index in [1.807, 2.05) is 74.5 Å². The average molecular weight is 528 g/mol. The quantitative estimate of drug-likeness (QED) is 0.384. The summed E-state index contributed by atoms with van der Waals surface area (Å²) in [6.45, 7) is 5.10. The monoisotopic (exact) mass is 527 g/mol. The molecule has 1 aliphatic heterocycles. The Labute approximate surface area is 219 Å². The molecule has 8 heteroatoms. The topological polar surface area (TPSA) is 66.8 Å². The fourth-order valence-corrected chi connectivity index (χ4v) is 5.58. The Morgan fingerprint density at radius 3 is 2.03 bits per heavy atom. The van der Waals surface area contributed by atoms with Crippen molar-refractivity contribution < 1.29 is 28.2 Å². The van der Waals surface area contributed by atoms with Crippen molar-refractivity contribution in [1.29, 1.82) is 0 Å². The summed E-state index contributed by atoms with van der Waals surface area (Å²) in [5, 5.41) is 11.4. The number of ether oxygens (including phenoxy) is 1. The smallest absolute Gasteiger partial charge is 0.418 e. The number of hydrogen-bond donors (Lipinski definition) is 1. The van der Waals surface area contributed by atoms with E-state index in [1.165, 1.54) is 6.92 Å². The average Bonchev–Trinajstić information content (AvgIpc) is 3.22. The minimum atomic E-state index is -2.22. The van der Waals surface area contributed by atoms with Crippen LogP contribution in [0.15, 0.2) is 78.9 Å². The summed E-state index contributed by atoms with van der Waals surface area (Å²) < 4.78 is 34.4.